The van der Waals surface area contributed by atoms with Crippen molar-refractivity contribution in [2.75, 3.05) is 0 Å². The number of esters is 2. The molecule has 0 aliphatic rings. The molecule has 3 nitrogen and oxygen atoms in total. The van der Waals surface area contributed by atoms with Crippen molar-refractivity contribution in [3.63, 3.8) is 0 Å². The Balaban J connectivity index is -0.00000288. The molecule has 0 unspecified atom stereocenters. The van der Waals surface area contributed by atoms with Crippen LogP contribution < -0.4 is 29.6 Å². The zero-order valence-corrected chi connectivity index (χ0v) is 20.0. The fourth-order valence-electron chi connectivity index (χ4n) is 3.04. The fourth-order valence-corrected chi connectivity index (χ4v) is 3.04. The zero-order valence-electron chi connectivity index (χ0n) is 19.0. The Morgan fingerprint density at radius 3 is 1.12 bits per heavy atom. The zero-order chi connectivity index (χ0) is 18.6. The van der Waals surface area contributed by atoms with E-state index < -0.39 is 0 Å². The van der Waals surface area contributed by atoms with Crippen molar-refractivity contribution in [3.05, 3.63) is 0 Å². The summed E-state index contributed by atoms with van der Waals surface area (Å²) in [5.74, 6) is -0.675. The van der Waals surface area contributed by atoms with Crippen LogP contribution >= 0.6 is 0 Å². The molecule has 0 rings (SSSR count). The van der Waals surface area contributed by atoms with E-state index in [1.807, 2.05) is 0 Å². The molecule has 0 saturated heterocycles. The van der Waals surface area contributed by atoms with E-state index in [9.17, 15) is 9.59 Å². The maximum atomic E-state index is 11.6. The SMILES string of the molecule is CCCCCCCCCCC(=O)OC(=O)CCCCCCCCCC.[H-].[Na+]. The molecule has 0 heterocycles. The molecule has 150 valence electrons. The molecule has 26 heavy (non-hydrogen) atoms. The van der Waals surface area contributed by atoms with Crippen molar-refractivity contribution in [3.8, 4) is 0 Å². The van der Waals surface area contributed by atoms with Gasteiger partial charge in [0.15, 0.2) is 0 Å². The number of unbranched alkanes of at least 4 members (excludes halogenated alkanes) is 14. The molecule has 0 radical (unpaired) electrons. The van der Waals surface area contributed by atoms with Gasteiger partial charge in [0.1, 0.15) is 0 Å². The van der Waals surface area contributed by atoms with Gasteiger partial charge in [-0.05, 0) is 12.8 Å². The number of hydrogen-bond acceptors (Lipinski definition) is 3. The van der Waals surface area contributed by atoms with Crippen LogP contribution in [-0.2, 0) is 14.3 Å². The van der Waals surface area contributed by atoms with Crippen LogP contribution in [0.25, 0.3) is 0 Å². The van der Waals surface area contributed by atoms with E-state index in [-0.39, 0.29) is 42.9 Å². The van der Waals surface area contributed by atoms with Gasteiger partial charge in [-0.1, -0.05) is 104 Å². The predicted molar refractivity (Wildman–Crippen MR) is 107 cm³/mol. The summed E-state index contributed by atoms with van der Waals surface area (Å²) >= 11 is 0. The van der Waals surface area contributed by atoms with Crippen molar-refractivity contribution in [2.24, 2.45) is 0 Å². The first-order valence-corrected chi connectivity index (χ1v) is 10.9. The summed E-state index contributed by atoms with van der Waals surface area (Å²) < 4.78 is 4.89. The quantitative estimate of drug-likeness (QED) is 0.155. The van der Waals surface area contributed by atoms with E-state index >= 15 is 0 Å². The maximum Gasteiger partial charge on any atom is 1.00 e. The summed E-state index contributed by atoms with van der Waals surface area (Å²) in [6, 6.07) is 0. The van der Waals surface area contributed by atoms with Crippen LogP contribution in [0.3, 0.4) is 0 Å². The maximum absolute atomic E-state index is 11.6. The second-order valence-electron chi connectivity index (χ2n) is 7.30. The van der Waals surface area contributed by atoms with Gasteiger partial charge in [-0.15, -0.1) is 0 Å². The smallest absolute Gasteiger partial charge is 1.00 e. The third-order valence-electron chi connectivity index (χ3n) is 4.70. The molecule has 0 N–H and O–H groups in total. The minimum Gasteiger partial charge on any atom is -1.00 e. The first kappa shape index (κ1) is 28.4. The van der Waals surface area contributed by atoms with Crippen LogP contribution in [-0.4, -0.2) is 11.9 Å². The molecule has 4 heteroatoms. The number of carbonyl (C=O) groups excluding carboxylic acids is 2. The minimum absolute atomic E-state index is 0. The number of ether oxygens (including phenoxy) is 1. The number of hydrogen-bond donors (Lipinski definition) is 0. The Bertz CT molecular complexity index is 295. The normalized spacial score (nSPS) is 10.4. The molecule has 0 aliphatic carbocycles. The molecule has 0 spiro atoms. The Hall–Kier alpha value is 0.140. The molecular formula is C22H43NaO3. The third-order valence-corrected chi connectivity index (χ3v) is 4.70. The van der Waals surface area contributed by atoms with Crippen LogP contribution in [0.15, 0.2) is 0 Å². The van der Waals surface area contributed by atoms with Crippen LogP contribution in [0.5, 0.6) is 0 Å². The molecule has 0 aromatic carbocycles. The Morgan fingerprint density at radius 1 is 0.538 bits per heavy atom. The van der Waals surface area contributed by atoms with E-state index in [1.54, 1.807) is 0 Å². The van der Waals surface area contributed by atoms with Crippen LogP contribution in [0.4, 0.5) is 0 Å². The molecule has 0 amide bonds. The predicted octanol–water partition coefficient (Wildman–Crippen LogP) is 4.23. The molecular weight excluding hydrogens is 335 g/mol. The molecule has 0 aromatic heterocycles. The summed E-state index contributed by atoms with van der Waals surface area (Å²) in [4.78, 5) is 23.2. The minimum atomic E-state index is -0.337. The van der Waals surface area contributed by atoms with Gasteiger partial charge in [0.05, 0.1) is 0 Å². The second-order valence-corrected chi connectivity index (χ2v) is 7.30. The van der Waals surface area contributed by atoms with Gasteiger partial charge in [-0.25, -0.2) is 0 Å². The van der Waals surface area contributed by atoms with E-state index in [0.717, 1.165) is 25.7 Å². The van der Waals surface area contributed by atoms with Gasteiger partial charge < -0.3 is 6.16 Å². The van der Waals surface area contributed by atoms with Crippen molar-refractivity contribution >= 4 is 11.9 Å². The monoisotopic (exact) mass is 378 g/mol. The largest absolute Gasteiger partial charge is 1.00 e. The van der Waals surface area contributed by atoms with E-state index in [1.165, 1.54) is 77.0 Å². The van der Waals surface area contributed by atoms with Crippen molar-refractivity contribution in [2.45, 2.75) is 129 Å². The Kier molecular flexibility index (Phi) is 25.3. The van der Waals surface area contributed by atoms with Crippen LogP contribution in [0.2, 0.25) is 0 Å². The molecule has 0 saturated carbocycles. The van der Waals surface area contributed by atoms with Gasteiger partial charge in [0.2, 0.25) is 0 Å². The summed E-state index contributed by atoms with van der Waals surface area (Å²) in [5.41, 5.74) is 0. The summed E-state index contributed by atoms with van der Waals surface area (Å²) in [6.07, 6.45) is 19.9. The topological polar surface area (TPSA) is 43.4 Å². The van der Waals surface area contributed by atoms with Gasteiger partial charge in [-0.3, -0.25) is 9.59 Å². The molecule has 0 atom stereocenters. The standard InChI is InChI=1S/C22H42O3.Na.H/c1-3-5-7-9-11-13-15-17-19-21(23)25-22(24)20-18-16-14-12-10-8-6-4-2;;/h3-20H2,1-2H3;;/q;+1;-1. The number of carbonyl (C=O) groups is 2. The second kappa shape index (κ2) is 23.2. The van der Waals surface area contributed by atoms with Crippen molar-refractivity contribution < 1.29 is 45.3 Å². The van der Waals surface area contributed by atoms with Gasteiger partial charge in [0, 0.05) is 12.8 Å². The summed E-state index contributed by atoms with van der Waals surface area (Å²) in [7, 11) is 0. The molecule has 0 aliphatic heterocycles. The average molecular weight is 379 g/mol. The van der Waals surface area contributed by atoms with Gasteiger partial charge in [0.25, 0.3) is 0 Å². The Morgan fingerprint density at radius 2 is 0.808 bits per heavy atom. The molecule has 0 fully saturated rings. The molecule has 0 aromatic rings. The van der Waals surface area contributed by atoms with Crippen LogP contribution in [0.1, 0.15) is 131 Å². The van der Waals surface area contributed by atoms with Crippen molar-refractivity contribution in [1.82, 2.24) is 0 Å². The average Bonchev–Trinajstić information content (AvgIpc) is 2.59. The number of rotatable bonds is 18. The van der Waals surface area contributed by atoms with Gasteiger partial charge in [-0.2, -0.15) is 0 Å². The fraction of sp³-hybridized carbons (Fsp3) is 0.909. The molecule has 0 bridgehead atoms. The van der Waals surface area contributed by atoms with E-state index in [4.69, 9.17) is 4.74 Å². The summed E-state index contributed by atoms with van der Waals surface area (Å²) in [6.45, 7) is 4.45. The first-order chi connectivity index (χ1) is 12.2. The first-order valence-electron chi connectivity index (χ1n) is 10.9. The Labute approximate surface area is 186 Å². The van der Waals surface area contributed by atoms with E-state index in [2.05, 4.69) is 13.8 Å². The van der Waals surface area contributed by atoms with Crippen LogP contribution in [0, 0.1) is 0 Å². The van der Waals surface area contributed by atoms with Crippen molar-refractivity contribution in [1.29, 1.82) is 0 Å². The van der Waals surface area contributed by atoms with Gasteiger partial charge >= 0.3 is 41.5 Å². The van der Waals surface area contributed by atoms with E-state index in [0.29, 0.717) is 12.8 Å². The summed E-state index contributed by atoms with van der Waals surface area (Å²) in [5, 5.41) is 0. The third kappa shape index (κ3) is 22.2.